The number of aromatic amines is 2. The van der Waals surface area contributed by atoms with Gasteiger partial charge in [0.1, 0.15) is 17.5 Å². The van der Waals surface area contributed by atoms with Crippen LogP contribution in [0.15, 0.2) is 48.8 Å². The van der Waals surface area contributed by atoms with Crippen molar-refractivity contribution in [2.24, 2.45) is 0 Å². The second-order valence-corrected chi connectivity index (χ2v) is 17.1. The molecule has 1 aromatic carbocycles. The van der Waals surface area contributed by atoms with E-state index in [0.717, 1.165) is 159 Å². The lowest BCUT2D eigenvalue weighted by Gasteiger charge is -2.26. The maximum atomic E-state index is 12.9. The Hall–Kier alpha value is -4.97. The number of amides is 2. The molecule has 4 N–H and O–H groups in total. The van der Waals surface area contributed by atoms with Crippen molar-refractivity contribution >= 4 is 23.4 Å². The van der Waals surface area contributed by atoms with E-state index in [-0.39, 0.29) is 22.9 Å². The highest BCUT2D eigenvalue weighted by Crippen LogP contribution is 2.47. The fraction of sp³-hybridized carbons (Fsp3) is 0.409. The predicted octanol–water partition coefficient (Wildman–Crippen LogP) is 6.02. The van der Waals surface area contributed by atoms with Gasteiger partial charge in [0.05, 0.1) is 41.4 Å². The summed E-state index contributed by atoms with van der Waals surface area (Å²) >= 11 is 6.05. The Labute approximate surface area is 329 Å². The summed E-state index contributed by atoms with van der Waals surface area (Å²) in [7, 11) is 0. The van der Waals surface area contributed by atoms with E-state index < -0.39 is 0 Å². The molecular weight excluding hydrogens is 726 g/mol. The van der Waals surface area contributed by atoms with Crippen molar-refractivity contribution in [1.29, 1.82) is 0 Å². The van der Waals surface area contributed by atoms with E-state index in [1.807, 2.05) is 30.6 Å². The molecule has 2 spiro atoms. The molecule has 286 valence electrons. The number of aryl methyl sites for hydroxylation is 2. The summed E-state index contributed by atoms with van der Waals surface area (Å²) in [6, 6.07) is 12.3. The molecule has 3 fully saturated rings. The minimum Gasteiger partial charge on any atom is -0.492 e. The second kappa shape index (κ2) is 13.0. The van der Waals surface area contributed by atoms with Crippen LogP contribution in [0.4, 0.5) is 0 Å². The molecule has 12 heteroatoms. The van der Waals surface area contributed by atoms with Gasteiger partial charge in [-0.05, 0) is 110 Å². The largest absolute Gasteiger partial charge is 0.492 e. The molecule has 5 aromatic rings. The number of fused-ring (bicyclic) bond motifs is 10. The third-order valence-electron chi connectivity index (χ3n) is 13.0. The number of halogens is 1. The smallest absolute Gasteiger partial charge is 0.253 e. The highest BCUT2D eigenvalue weighted by atomic mass is 35.5. The molecule has 4 aromatic heterocycles. The van der Waals surface area contributed by atoms with Crippen LogP contribution in [0.25, 0.3) is 33.8 Å². The molecule has 0 radical (unpaired) electrons. The molecule has 4 aliphatic carbocycles. The van der Waals surface area contributed by atoms with E-state index in [1.165, 1.54) is 22.3 Å². The van der Waals surface area contributed by atoms with Crippen molar-refractivity contribution in [2.45, 2.75) is 75.3 Å². The number of carbonyl (C=O) groups is 2. The molecule has 56 heavy (non-hydrogen) atoms. The number of rotatable bonds is 5. The Morgan fingerprint density at radius 3 is 1.91 bits per heavy atom. The van der Waals surface area contributed by atoms with Crippen LogP contribution in [0.2, 0.25) is 5.15 Å². The van der Waals surface area contributed by atoms with Gasteiger partial charge < -0.3 is 30.1 Å². The molecule has 7 heterocycles. The first-order chi connectivity index (χ1) is 27.3. The van der Waals surface area contributed by atoms with Gasteiger partial charge >= 0.3 is 0 Å². The maximum Gasteiger partial charge on any atom is 0.253 e. The SMILES string of the molecule is O=C1NC2(CC2)Cc2[nH]c3c(c21)CCc1cnc(-c2ccc(OCCN4CCOCC4)cc2)cc1-3.O=C1NC2(CC2)Cc2[nH]c3c(c21)CCc1cnc(Cl)cc1-3. The van der Waals surface area contributed by atoms with Crippen LogP contribution in [0, 0.1) is 0 Å². The first kappa shape index (κ1) is 34.3. The lowest BCUT2D eigenvalue weighted by Crippen LogP contribution is -2.43. The molecule has 11 nitrogen and oxygen atoms in total. The van der Waals surface area contributed by atoms with Crippen LogP contribution < -0.4 is 15.4 Å². The second-order valence-electron chi connectivity index (χ2n) is 16.7. The Morgan fingerprint density at radius 2 is 1.32 bits per heavy atom. The predicted molar refractivity (Wildman–Crippen MR) is 212 cm³/mol. The molecule has 2 saturated carbocycles. The summed E-state index contributed by atoms with van der Waals surface area (Å²) in [4.78, 5) is 43.9. The summed E-state index contributed by atoms with van der Waals surface area (Å²) in [5, 5.41) is 6.96. The minimum atomic E-state index is 0.00970. The molecule has 2 amide bonds. The van der Waals surface area contributed by atoms with E-state index in [2.05, 4.69) is 48.7 Å². The van der Waals surface area contributed by atoms with Gasteiger partial charge in [-0.3, -0.25) is 19.5 Å². The third-order valence-corrected chi connectivity index (χ3v) is 13.2. The number of hydrogen-bond acceptors (Lipinski definition) is 7. The number of benzene rings is 1. The number of hydrogen-bond donors (Lipinski definition) is 4. The van der Waals surface area contributed by atoms with Crippen molar-refractivity contribution in [3.05, 3.63) is 98.7 Å². The fourth-order valence-electron chi connectivity index (χ4n) is 9.56. The Balaban J connectivity index is 0.000000147. The maximum absolute atomic E-state index is 12.9. The fourth-order valence-corrected chi connectivity index (χ4v) is 9.72. The quantitative estimate of drug-likeness (QED) is 0.161. The zero-order valence-corrected chi connectivity index (χ0v) is 32.0. The van der Waals surface area contributed by atoms with Gasteiger partial charge in [-0.1, -0.05) is 11.6 Å². The molecule has 3 aliphatic heterocycles. The Morgan fingerprint density at radius 1 is 0.750 bits per heavy atom. The van der Waals surface area contributed by atoms with E-state index in [0.29, 0.717) is 11.8 Å². The van der Waals surface area contributed by atoms with E-state index in [4.69, 9.17) is 26.1 Å². The van der Waals surface area contributed by atoms with Crippen molar-refractivity contribution in [3.8, 4) is 39.5 Å². The summed E-state index contributed by atoms with van der Waals surface area (Å²) in [6.45, 7) is 5.16. The molecule has 7 aliphatic rings. The van der Waals surface area contributed by atoms with Gasteiger partial charge in [-0.2, -0.15) is 0 Å². The topological polar surface area (TPSA) is 137 Å². The van der Waals surface area contributed by atoms with Crippen LogP contribution in [-0.4, -0.2) is 87.2 Å². The van der Waals surface area contributed by atoms with Crippen LogP contribution >= 0.6 is 11.6 Å². The van der Waals surface area contributed by atoms with E-state index >= 15 is 0 Å². The number of ether oxygens (including phenoxy) is 2. The first-order valence-corrected chi connectivity index (χ1v) is 20.5. The molecule has 0 atom stereocenters. The third kappa shape index (κ3) is 6.02. The van der Waals surface area contributed by atoms with Crippen molar-refractivity contribution in [3.63, 3.8) is 0 Å². The highest BCUT2D eigenvalue weighted by molar-refractivity contribution is 6.29. The van der Waals surface area contributed by atoms with Crippen molar-refractivity contribution < 1.29 is 19.1 Å². The zero-order valence-electron chi connectivity index (χ0n) is 31.3. The van der Waals surface area contributed by atoms with Gasteiger partial charge in [-0.25, -0.2) is 4.98 Å². The van der Waals surface area contributed by atoms with Crippen LogP contribution in [-0.2, 0) is 43.3 Å². The number of nitrogens with zero attached hydrogens (tertiary/aromatic N) is 3. The average molecular weight is 770 g/mol. The van der Waals surface area contributed by atoms with Gasteiger partial charge in [0, 0.05) is 84.0 Å². The summed E-state index contributed by atoms with van der Waals surface area (Å²) in [5.41, 5.74) is 15.2. The van der Waals surface area contributed by atoms with Gasteiger partial charge in [-0.15, -0.1) is 0 Å². The lowest BCUT2D eigenvalue weighted by atomic mass is 9.87. The summed E-state index contributed by atoms with van der Waals surface area (Å²) in [6.07, 6.45) is 13.6. The van der Waals surface area contributed by atoms with E-state index in [9.17, 15) is 9.59 Å². The molecular formula is C44H44ClN7O4. The number of nitrogens with one attached hydrogen (secondary N) is 4. The summed E-state index contributed by atoms with van der Waals surface area (Å²) in [5.74, 6) is 1.07. The van der Waals surface area contributed by atoms with Gasteiger partial charge in [0.15, 0.2) is 0 Å². The van der Waals surface area contributed by atoms with Gasteiger partial charge in [0.25, 0.3) is 11.8 Å². The zero-order chi connectivity index (χ0) is 37.6. The first-order valence-electron chi connectivity index (χ1n) is 20.1. The minimum absolute atomic E-state index is 0.00970. The Kier molecular flexibility index (Phi) is 7.99. The molecule has 0 unspecified atom stereocenters. The number of aromatic nitrogens is 4. The standard InChI is InChI=1S/C28H30N4O3.C16H14ClN3O/c33-27-25-21-6-3-19-17-29-23(15-22(19)26(21)30-24(25)16-28(31-27)7-8-28)18-1-4-20(5-2-18)35-14-11-32-9-12-34-13-10-32;17-12-5-10-8(7-18-12)1-2-9-13-11(19-14(9)10)6-16(3-4-16)20-15(13)21/h1-2,4-5,15,17,30H,3,6-14,16H2,(H,31,33);5,7,19H,1-4,6H2,(H,20,21). The molecule has 1 saturated heterocycles. The van der Waals surface area contributed by atoms with E-state index in [1.54, 1.807) is 0 Å². The van der Waals surface area contributed by atoms with Gasteiger partial charge in [0.2, 0.25) is 0 Å². The van der Waals surface area contributed by atoms with Crippen LogP contribution in [0.3, 0.4) is 0 Å². The number of carbonyl (C=O) groups excluding carboxylic acids is 2. The van der Waals surface area contributed by atoms with Crippen molar-refractivity contribution in [1.82, 2.24) is 35.5 Å². The van der Waals surface area contributed by atoms with Crippen LogP contribution in [0.1, 0.15) is 80.0 Å². The van der Waals surface area contributed by atoms with Crippen LogP contribution in [0.5, 0.6) is 5.75 Å². The van der Waals surface area contributed by atoms with Crippen molar-refractivity contribution in [2.75, 3.05) is 39.5 Å². The monoisotopic (exact) mass is 769 g/mol. The normalized spacial score (nSPS) is 20.2. The molecule has 0 bridgehead atoms. The summed E-state index contributed by atoms with van der Waals surface area (Å²) < 4.78 is 11.4. The number of pyridine rings is 2. The lowest BCUT2D eigenvalue weighted by molar-refractivity contribution is 0.0322. The number of H-pyrrole nitrogens is 2. The Bertz CT molecular complexity index is 2420. The highest BCUT2D eigenvalue weighted by Gasteiger charge is 2.50. The number of morpholine rings is 1. The average Bonchev–Trinajstić information content (AvgIpc) is 4.05. The molecule has 12 rings (SSSR count).